The lowest BCUT2D eigenvalue weighted by atomic mass is 10.1. The van der Waals surface area contributed by atoms with Crippen LogP contribution in [0, 0.1) is 0 Å². The smallest absolute Gasteiger partial charge is 0.326 e. The van der Waals surface area contributed by atoms with E-state index in [0.29, 0.717) is 13.0 Å². The van der Waals surface area contributed by atoms with E-state index in [0.717, 1.165) is 6.42 Å². The summed E-state index contributed by atoms with van der Waals surface area (Å²) in [6, 6.07) is -0.630. The van der Waals surface area contributed by atoms with Crippen molar-refractivity contribution in [1.82, 2.24) is 10.2 Å². The van der Waals surface area contributed by atoms with Gasteiger partial charge in [0.05, 0.1) is 6.54 Å². The molecule has 1 atom stereocenters. The van der Waals surface area contributed by atoms with Gasteiger partial charge in [-0.15, -0.1) is 0 Å². The summed E-state index contributed by atoms with van der Waals surface area (Å²) in [7, 11) is 0. The molecule has 0 spiro atoms. The monoisotopic (exact) mass is 228 g/mol. The first-order chi connectivity index (χ1) is 7.31. The van der Waals surface area contributed by atoms with Crippen LogP contribution in [0.25, 0.3) is 0 Å². The number of carboxylic acids is 1. The summed E-state index contributed by atoms with van der Waals surface area (Å²) in [6.07, 6.45) is 1.34. The highest BCUT2D eigenvalue weighted by Crippen LogP contribution is 2.17. The van der Waals surface area contributed by atoms with E-state index in [4.69, 9.17) is 5.11 Å². The molecule has 16 heavy (non-hydrogen) atoms. The summed E-state index contributed by atoms with van der Waals surface area (Å²) in [5.41, 5.74) is -0.131. The Hall–Kier alpha value is -1.10. The zero-order chi connectivity index (χ0) is 12.3. The molecular weight excluding hydrogens is 208 g/mol. The molecule has 2 N–H and O–H groups in total. The fourth-order valence-corrected chi connectivity index (χ4v) is 1.76. The van der Waals surface area contributed by atoms with Gasteiger partial charge in [0.15, 0.2) is 0 Å². The lowest BCUT2D eigenvalue weighted by Gasteiger charge is -2.25. The van der Waals surface area contributed by atoms with Crippen molar-refractivity contribution in [2.75, 3.05) is 13.1 Å². The van der Waals surface area contributed by atoms with Crippen LogP contribution in [0.5, 0.6) is 0 Å². The molecular formula is C11H20N2O3. The number of carboxylic acid groups (broad SMARTS) is 1. The molecule has 0 bridgehead atoms. The van der Waals surface area contributed by atoms with Crippen molar-refractivity contribution in [3.8, 4) is 0 Å². The third-order valence-corrected chi connectivity index (χ3v) is 2.63. The second-order valence-corrected chi connectivity index (χ2v) is 5.19. The van der Waals surface area contributed by atoms with Crippen LogP contribution in [0.1, 0.15) is 33.6 Å². The average Bonchev–Trinajstić information content (AvgIpc) is 2.61. The zero-order valence-electron chi connectivity index (χ0n) is 10.1. The molecule has 0 aromatic rings. The van der Waals surface area contributed by atoms with Crippen molar-refractivity contribution in [2.24, 2.45) is 0 Å². The molecule has 5 nitrogen and oxygen atoms in total. The minimum absolute atomic E-state index is 0.125. The third kappa shape index (κ3) is 3.48. The number of amides is 1. The van der Waals surface area contributed by atoms with Gasteiger partial charge in [-0.25, -0.2) is 4.79 Å². The molecule has 1 unspecified atom stereocenters. The summed E-state index contributed by atoms with van der Waals surface area (Å²) in [5, 5.41) is 12.0. The fraction of sp³-hybridized carbons (Fsp3) is 0.818. The van der Waals surface area contributed by atoms with Gasteiger partial charge in [-0.05, 0) is 33.6 Å². The van der Waals surface area contributed by atoms with Crippen LogP contribution >= 0.6 is 0 Å². The maximum Gasteiger partial charge on any atom is 0.326 e. The minimum atomic E-state index is -0.901. The van der Waals surface area contributed by atoms with E-state index in [1.54, 1.807) is 0 Å². The number of rotatable bonds is 3. The van der Waals surface area contributed by atoms with Gasteiger partial charge in [-0.2, -0.15) is 0 Å². The quantitative estimate of drug-likeness (QED) is 0.736. The first kappa shape index (κ1) is 13.0. The van der Waals surface area contributed by atoms with Crippen LogP contribution in [0.3, 0.4) is 0 Å². The summed E-state index contributed by atoms with van der Waals surface area (Å²) >= 11 is 0. The highest BCUT2D eigenvalue weighted by Gasteiger charge is 2.33. The molecule has 1 amide bonds. The van der Waals surface area contributed by atoms with E-state index in [2.05, 4.69) is 5.32 Å². The van der Waals surface area contributed by atoms with Gasteiger partial charge in [0.1, 0.15) is 6.04 Å². The lowest BCUT2D eigenvalue weighted by molar-refractivity contribution is -0.147. The van der Waals surface area contributed by atoms with Crippen LogP contribution in [0.2, 0.25) is 0 Å². The predicted molar refractivity (Wildman–Crippen MR) is 60.1 cm³/mol. The minimum Gasteiger partial charge on any atom is -0.480 e. The fourth-order valence-electron chi connectivity index (χ4n) is 1.76. The van der Waals surface area contributed by atoms with E-state index in [-0.39, 0.29) is 18.0 Å². The van der Waals surface area contributed by atoms with Gasteiger partial charge in [-0.1, -0.05) is 0 Å². The van der Waals surface area contributed by atoms with E-state index in [1.807, 2.05) is 20.8 Å². The number of likely N-dealkylation sites (tertiary alicyclic amines) is 1. The molecule has 92 valence electrons. The molecule has 0 aromatic carbocycles. The molecule has 0 saturated carbocycles. The van der Waals surface area contributed by atoms with E-state index in [9.17, 15) is 9.59 Å². The summed E-state index contributed by atoms with van der Waals surface area (Å²) in [5.74, 6) is -1.03. The maximum absolute atomic E-state index is 11.8. The Morgan fingerprint density at radius 3 is 2.56 bits per heavy atom. The van der Waals surface area contributed by atoms with E-state index in [1.165, 1.54) is 4.90 Å². The molecule has 1 saturated heterocycles. The topological polar surface area (TPSA) is 69.6 Å². The van der Waals surface area contributed by atoms with Crippen LogP contribution < -0.4 is 5.32 Å². The number of carbonyl (C=O) groups excluding carboxylic acids is 1. The summed E-state index contributed by atoms with van der Waals surface area (Å²) < 4.78 is 0. The number of hydrogen-bond acceptors (Lipinski definition) is 3. The Labute approximate surface area is 95.8 Å². The molecule has 0 radical (unpaired) electrons. The second kappa shape index (κ2) is 4.82. The van der Waals surface area contributed by atoms with Crippen molar-refractivity contribution in [2.45, 2.75) is 45.2 Å². The largest absolute Gasteiger partial charge is 0.480 e. The van der Waals surface area contributed by atoms with Crippen molar-refractivity contribution in [3.63, 3.8) is 0 Å². The zero-order valence-corrected chi connectivity index (χ0v) is 10.1. The third-order valence-electron chi connectivity index (χ3n) is 2.63. The summed E-state index contributed by atoms with van der Waals surface area (Å²) in [6.45, 7) is 6.67. The Bertz CT molecular complexity index is 283. The maximum atomic E-state index is 11.8. The van der Waals surface area contributed by atoms with Crippen molar-refractivity contribution in [3.05, 3.63) is 0 Å². The summed E-state index contributed by atoms with van der Waals surface area (Å²) in [4.78, 5) is 24.2. The van der Waals surface area contributed by atoms with E-state index >= 15 is 0 Å². The number of carbonyl (C=O) groups is 2. The van der Waals surface area contributed by atoms with E-state index < -0.39 is 12.0 Å². The Morgan fingerprint density at radius 1 is 1.44 bits per heavy atom. The Morgan fingerprint density at radius 2 is 2.06 bits per heavy atom. The second-order valence-electron chi connectivity index (χ2n) is 5.19. The average molecular weight is 228 g/mol. The first-order valence-corrected chi connectivity index (χ1v) is 5.58. The molecule has 1 aliphatic rings. The Balaban J connectivity index is 2.50. The van der Waals surface area contributed by atoms with Crippen molar-refractivity contribution < 1.29 is 14.7 Å². The van der Waals surface area contributed by atoms with Gasteiger partial charge in [0.2, 0.25) is 5.91 Å². The van der Waals surface area contributed by atoms with Crippen LogP contribution in [-0.2, 0) is 9.59 Å². The number of nitrogens with zero attached hydrogens (tertiary/aromatic N) is 1. The molecule has 1 fully saturated rings. The van der Waals surface area contributed by atoms with Gasteiger partial charge < -0.3 is 15.3 Å². The molecule has 1 heterocycles. The van der Waals surface area contributed by atoms with Crippen LogP contribution in [0.4, 0.5) is 0 Å². The number of hydrogen-bond donors (Lipinski definition) is 2. The standard InChI is InChI=1S/C11H20N2O3/c1-11(2,3)12-7-9(14)13-6-4-5-8(13)10(15)16/h8,12H,4-7H2,1-3H3,(H,15,16). The van der Waals surface area contributed by atoms with Crippen molar-refractivity contribution >= 4 is 11.9 Å². The molecule has 5 heteroatoms. The Kier molecular flexibility index (Phi) is 3.91. The van der Waals surface area contributed by atoms with Gasteiger partial charge in [-0.3, -0.25) is 4.79 Å². The SMILES string of the molecule is CC(C)(C)NCC(=O)N1CCCC1C(=O)O. The van der Waals surface area contributed by atoms with Crippen molar-refractivity contribution in [1.29, 1.82) is 0 Å². The highest BCUT2D eigenvalue weighted by atomic mass is 16.4. The van der Waals surface area contributed by atoms with Crippen LogP contribution in [-0.4, -0.2) is 46.6 Å². The molecule has 0 aromatic heterocycles. The number of aliphatic carboxylic acids is 1. The van der Waals surface area contributed by atoms with Gasteiger partial charge in [0, 0.05) is 12.1 Å². The first-order valence-electron chi connectivity index (χ1n) is 5.58. The number of nitrogens with one attached hydrogen (secondary N) is 1. The predicted octanol–water partition coefficient (Wildman–Crippen LogP) is 0.450. The molecule has 1 aliphatic heterocycles. The normalized spacial score (nSPS) is 21.2. The van der Waals surface area contributed by atoms with Crippen LogP contribution in [0.15, 0.2) is 0 Å². The molecule has 0 aliphatic carbocycles. The molecule has 1 rings (SSSR count). The van der Waals surface area contributed by atoms with Gasteiger partial charge in [0.25, 0.3) is 0 Å². The highest BCUT2D eigenvalue weighted by molar-refractivity contribution is 5.85. The lowest BCUT2D eigenvalue weighted by Crippen LogP contribution is -2.48. The van der Waals surface area contributed by atoms with Gasteiger partial charge >= 0.3 is 5.97 Å².